The maximum absolute atomic E-state index is 13.3. The van der Waals surface area contributed by atoms with Gasteiger partial charge in [0, 0.05) is 24.2 Å². The van der Waals surface area contributed by atoms with Gasteiger partial charge in [0.15, 0.2) is 0 Å². The topological polar surface area (TPSA) is 55.2 Å². The molecule has 1 unspecified atom stereocenters. The summed E-state index contributed by atoms with van der Waals surface area (Å²) in [7, 11) is 1.71. The van der Waals surface area contributed by atoms with Gasteiger partial charge in [-0.05, 0) is 55.7 Å². The van der Waals surface area contributed by atoms with E-state index in [1.54, 1.807) is 46.8 Å². The van der Waals surface area contributed by atoms with Gasteiger partial charge in [0.2, 0.25) is 0 Å². The van der Waals surface area contributed by atoms with Gasteiger partial charge in [-0.1, -0.05) is 37.6 Å². The molecular weight excluding hydrogens is 386 g/mol. The lowest BCUT2D eigenvalue weighted by Crippen LogP contribution is -2.38. The highest BCUT2D eigenvalue weighted by Crippen LogP contribution is 2.23. The van der Waals surface area contributed by atoms with Crippen LogP contribution in [-0.2, 0) is 7.05 Å². The van der Waals surface area contributed by atoms with Gasteiger partial charge in [-0.3, -0.25) is 14.2 Å². The number of halogens is 1. The van der Waals surface area contributed by atoms with Crippen molar-refractivity contribution in [2.24, 2.45) is 13.0 Å². The fourth-order valence-corrected chi connectivity index (χ4v) is 3.50. The van der Waals surface area contributed by atoms with Crippen molar-refractivity contribution in [3.63, 3.8) is 0 Å². The molecule has 0 saturated carbocycles. The molecule has 1 heterocycles. The summed E-state index contributed by atoms with van der Waals surface area (Å²) >= 11 is 5.98. The van der Waals surface area contributed by atoms with Crippen LogP contribution in [-0.4, -0.2) is 26.9 Å². The molecule has 3 aromatic rings. The van der Waals surface area contributed by atoms with Gasteiger partial charge in [-0.25, -0.2) is 4.98 Å². The molecule has 3 rings (SSSR count). The normalized spacial score (nSPS) is 12.3. The Balaban J connectivity index is 2.04. The zero-order chi connectivity index (χ0) is 21.1. The Morgan fingerprint density at radius 3 is 2.41 bits per heavy atom. The van der Waals surface area contributed by atoms with E-state index in [9.17, 15) is 9.59 Å². The van der Waals surface area contributed by atoms with Crippen LogP contribution >= 0.6 is 11.6 Å². The van der Waals surface area contributed by atoms with Crippen molar-refractivity contribution < 1.29 is 4.79 Å². The van der Waals surface area contributed by atoms with Crippen LogP contribution in [0.1, 0.15) is 49.4 Å². The fraction of sp³-hybridized carbons (Fsp3) is 0.348. The Bertz CT molecular complexity index is 1070. The lowest BCUT2D eigenvalue weighted by molar-refractivity contribution is 0.0670. The molecule has 29 heavy (non-hydrogen) atoms. The van der Waals surface area contributed by atoms with Gasteiger partial charge >= 0.3 is 0 Å². The number of carbonyl (C=O) groups excluding carboxylic acids is 1. The monoisotopic (exact) mass is 411 g/mol. The third kappa shape index (κ3) is 4.51. The lowest BCUT2D eigenvalue weighted by Gasteiger charge is -2.30. The molecule has 0 spiro atoms. The van der Waals surface area contributed by atoms with E-state index >= 15 is 0 Å². The van der Waals surface area contributed by atoms with E-state index in [1.165, 1.54) is 0 Å². The van der Waals surface area contributed by atoms with Gasteiger partial charge < -0.3 is 4.90 Å². The van der Waals surface area contributed by atoms with Crippen molar-refractivity contribution >= 4 is 28.4 Å². The lowest BCUT2D eigenvalue weighted by atomic mass is 10.1. The summed E-state index contributed by atoms with van der Waals surface area (Å²) in [6, 6.07) is 13.8. The number of nitrogens with zero attached hydrogens (tertiary/aromatic N) is 3. The van der Waals surface area contributed by atoms with Gasteiger partial charge in [0.25, 0.3) is 11.5 Å². The first-order valence-corrected chi connectivity index (χ1v) is 10.2. The minimum atomic E-state index is -0.362. The Kier molecular flexibility index (Phi) is 6.38. The van der Waals surface area contributed by atoms with E-state index in [1.807, 2.05) is 25.1 Å². The smallest absolute Gasteiger partial charge is 0.261 e. The molecule has 0 radical (unpaired) electrons. The zero-order valence-electron chi connectivity index (χ0n) is 17.2. The highest BCUT2D eigenvalue weighted by Gasteiger charge is 2.26. The number of hydrogen-bond donors (Lipinski definition) is 0. The van der Waals surface area contributed by atoms with E-state index in [4.69, 9.17) is 16.6 Å². The average molecular weight is 412 g/mol. The standard InChI is InChI=1S/C23H26ClN3O2/c1-15(2)13-14-27(22(28)17-9-11-18(24)12-10-17)16(3)21-25-20-8-6-5-7-19(20)23(29)26(21)4/h5-12,15-16H,13-14H2,1-4H3. The molecule has 1 aromatic heterocycles. The number of hydrogen-bond acceptors (Lipinski definition) is 3. The quantitative estimate of drug-likeness (QED) is 0.583. The van der Waals surface area contributed by atoms with Crippen molar-refractivity contribution in [3.8, 4) is 0 Å². The summed E-state index contributed by atoms with van der Waals surface area (Å²) in [4.78, 5) is 32.6. The van der Waals surface area contributed by atoms with Gasteiger partial charge in [-0.2, -0.15) is 0 Å². The fourth-order valence-electron chi connectivity index (χ4n) is 3.37. The van der Waals surface area contributed by atoms with E-state index in [0.29, 0.717) is 39.8 Å². The first-order valence-electron chi connectivity index (χ1n) is 9.81. The summed E-state index contributed by atoms with van der Waals surface area (Å²) in [5.41, 5.74) is 1.09. The van der Waals surface area contributed by atoms with E-state index in [-0.39, 0.29) is 17.5 Å². The van der Waals surface area contributed by atoms with Crippen LogP contribution in [0.2, 0.25) is 5.02 Å². The van der Waals surface area contributed by atoms with Crippen LogP contribution in [0.5, 0.6) is 0 Å². The number of carbonyl (C=O) groups is 1. The minimum absolute atomic E-state index is 0.0998. The Morgan fingerprint density at radius 2 is 1.76 bits per heavy atom. The van der Waals surface area contributed by atoms with Crippen molar-refractivity contribution in [1.82, 2.24) is 14.5 Å². The second-order valence-corrected chi connectivity index (χ2v) is 8.15. The number of aromatic nitrogens is 2. The predicted octanol–water partition coefficient (Wildman–Crippen LogP) is 4.84. The van der Waals surface area contributed by atoms with Crippen molar-refractivity contribution in [2.75, 3.05) is 6.54 Å². The molecule has 152 valence electrons. The summed E-state index contributed by atoms with van der Waals surface area (Å²) < 4.78 is 1.55. The maximum atomic E-state index is 13.3. The SMILES string of the molecule is CC(C)CCN(C(=O)c1ccc(Cl)cc1)C(C)c1nc2ccccc2c(=O)n1C. The summed E-state index contributed by atoms with van der Waals surface area (Å²) in [6.45, 7) is 6.74. The van der Waals surface area contributed by atoms with Crippen LogP contribution in [0.15, 0.2) is 53.3 Å². The van der Waals surface area contributed by atoms with Crippen LogP contribution in [0.3, 0.4) is 0 Å². The van der Waals surface area contributed by atoms with Crippen molar-refractivity contribution in [1.29, 1.82) is 0 Å². The molecular formula is C23H26ClN3O2. The molecule has 0 aliphatic carbocycles. The third-order valence-corrected chi connectivity index (χ3v) is 5.41. The molecule has 5 nitrogen and oxygen atoms in total. The number of para-hydroxylation sites is 1. The molecule has 1 atom stereocenters. The molecule has 0 fully saturated rings. The largest absolute Gasteiger partial charge is 0.329 e. The highest BCUT2D eigenvalue weighted by molar-refractivity contribution is 6.30. The van der Waals surface area contributed by atoms with Crippen LogP contribution < -0.4 is 5.56 Å². The molecule has 0 aliphatic heterocycles. The molecule has 0 saturated heterocycles. The molecule has 0 bridgehead atoms. The first-order chi connectivity index (χ1) is 13.8. The van der Waals surface area contributed by atoms with Gasteiger partial charge in [0.1, 0.15) is 5.82 Å². The number of fused-ring (bicyclic) bond motifs is 1. The Labute approximate surface area is 175 Å². The maximum Gasteiger partial charge on any atom is 0.261 e. The van der Waals surface area contributed by atoms with E-state index in [2.05, 4.69) is 13.8 Å². The third-order valence-electron chi connectivity index (χ3n) is 5.16. The van der Waals surface area contributed by atoms with Crippen LogP contribution in [0.25, 0.3) is 10.9 Å². The first kappa shape index (κ1) is 21.1. The zero-order valence-corrected chi connectivity index (χ0v) is 18.0. The summed E-state index contributed by atoms with van der Waals surface area (Å²) in [6.07, 6.45) is 0.852. The molecule has 2 aromatic carbocycles. The van der Waals surface area contributed by atoms with Crippen LogP contribution in [0, 0.1) is 5.92 Å². The van der Waals surface area contributed by atoms with Gasteiger partial charge in [0.05, 0.1) is 16.9 Å². The van der Waals surface area contributed by atoms with Crippen molar-refractivity contribution in [2.45, 2.75) is 33.2 Å². The summed E-state index contributed by atoms with van der Waals surface area (Å²) in [5, 5.41) is 1.16. The average Bonchev–Trinajstić information content (AvgIpc) is 2.70. The minimum Gasteiger partial charge on any atom is -0.329 e. The number of rotatable bonds is 6. The molecule has 0 aliphatic rings. The molecule has 6 heteroatoms. The van der Waals surface area contributed by atoms with Crippen LogP contribution in [0.4, 0.5) is 0 Å². The second kappa shape index (κ2) is 8.78. The number of benzene rings is 2. The van der Waals surface area contributed by atoms with E-state index < -0.39 is 0 Å². The Morgan fingerprint density at radius 1 is 1.10 bits per heavy atom. The predicted molar refractivity (Wildman–Crippen MR) is 117 cm³/mol. The van der Waals surface area contributed by atoms with Gasteiger partial charge in [-0.15, -0.1) is 0 Å². The number of amides is 1. The van der Waals surface area contributed by atoms with Crippen molar-refractivity contribution in [3.05, 3.63) is 75.3 Å². The molecule has 1 amide bonds. The van der Waals surface area contributed by atoms with E-state index in [0.717, 1.165) is 6.42 Å². The second-order valence-electron chi connectivity index (χ2n) is 7.72. The summed E-state index contributed by atoms with van der Waals surface area (Å²) in [5.74, 6) is 0.910. The Hall–Kier alpha value is -2.66. The molecule has 0 N–H and O–H groups in total. The highest BCUT2D eigenvalue weighted by atomic mass is 35.5.